The predicted octanol–water partition coefficient (Wildman–Crippen LogP) is 2.61. The molecule has 4 heteroatoms. The summed E-state index contributed by atoms with van der Waals surface area (Å²) in [4.78, 5) is 12.2. The molecule has 1 aliphatic rings. The van der Waals surface area contributed by atoms with E-state index in [-0.39, 0.29) is 11.9 Å². The Hall–Kier alpha value is -1.81. The van der Waals surface area contributed by atoms with Gasteiger partial charge in [-0.05, 0) is 51.4 Å². The smallest absolute Gasteiger partial charge is 0.287 e. The van der Waals surface area contributed by atoms with Crippen molar-refractivity contribution in [2.24, 2.45) is 0 Å². The second-order valence-corrected chi connectivity index (χ2v) is 5.70. The number of benzene rings is 1. The molecule has 0 saturated carbocycles. The second-order valence-electron chi connectivity index (χ2n) is 5.70. The Morgan fingerprint density at radius 2 is 2.25 bits per heavy atom. The van der Waals surface area contributed by atoms with Crippen LogP contribution in [0.2, 0.25) is 0 Å². The minimum Gasteiger partial charge on any atom is -0.451 e. The number of furan rings is 1. The van der Waals surface area contributed by atoms with Crippen molar-refractivity contribution in [2.75, 3.05) is 6.54 Å². The van der Waals surface area contributed by atoms with E-state index >= 15 is 0 Å². The van der Waals surface area contributed by atoms with Crippen molar-refractivity contribution < 1.29 is 9.21 Å². The van der Waals surface area contributed by atoms with Crippen molar-refractivity contribution in [1.29, 1.82) is 0 Å². The van der Waals surface area contributed by atoms with Crippen molar-refractivity contribution in [1.82, 2.24) is 10.6 Å². The highest BCUT2D eigenvalue weighted by atomic mass is 16.3. The first-order valence-electron chi connectivity index (χ1n) is 7.16. The largest absolute Gasteiger partial charge is 0.451 e. The minimum atomic E-state index is -0.113. The summed E-state index contributed by atoms with van der Waals surface area (Å²) in [7, 11) is 0. The molecule has 1 amide bonds. The van der Waals surface area contributed by atoms with Crippen LogP contribution in [0.15, 0.2) is 28.7 Å². The molecule has 0 bridgehead atoms. The summed E-state index contributed by atoms with van der Waals surface area (Å²) in [5.41, 5.74) is 1.93. The zero-order valence-corrected chi connectivity index (χ0v) is 11.9. The number of fused-ring (bicyclic) bond motifs is 1. The summed E-state index contributed by atoms with van der Waals surface area (Å²) < 4.78 is 5.63. The fourth-order valence-corrected chi connectivity index (χ4v) is 2.79. The van der Waals surface area contributed by atoms with Crippen LogP contribution >= 0.6 is 0 Å². The van der Waals surface area contributed by atoms with Crippen LogP contribution in [0.4, 0.5) is 0 Å². The normalized spacial score (nSPS) is 22.9. The third-order valence-corrected chi connectivity index (χ3v) is 3.85. The summed E-state index contributed by atoms with van der Waals surface area (Å²) in [5.74, 6) is 0.287. The first-order chi connectivity index (χ1) is 9.61. The summed E-state index contributed by atoms with van der Waals surface area (Å²) in [6.45, 7) is 5.12. The number of hydrogen-bond acceptors (Lipinski definition) is 3. The molecule has 1 aromatic carbocycles. The zero-order chi connectivity index (χ0) is 14.1. The minimum absolute atomic E-state index is 0.113. The van der Waals surface area contributed by atoms with E-state index in [1.54, 1.807) is 0 Å². The molecule has 0 radical (unpaired) electrons. The number of aryl methyl sites for hydroxylation is 1. The summed E-state index contributed by atoms with van der Waals surface area (Å²) >= 11 is 0. The number of nitrogens with one attached hydrogen (secondary N) is 2. The van der Waals surface area contributed by atoms with E-state index < -0.39 is 0 Å². The van der Waals surface area contributed by atoms with Crippen molar-refractivity contribution in [2.45, 2.75) is 38.8 Å². The van der Waals surface area contributed by atoms with E-state index in [0.29, 0.717) is 11.8 Å². The summed E-state index contributed by atoms with van der Waals surface area (Å²) in [5, 5.41) is 7.43. The average molecular weight is 272 g/mol. The number of amides is 1. The maximum absolute atomic E-state index is 12.2. The molecule has 0 spiro atoms. The van der Waals surface area contributed by atoms with E-state index in [2.05, 4.69) is 17.6 Å². The lowest BCUT2D eigenvalue weighted by Crippen LogP contribution is -2.46. The zero-order valence-electron chi connectivity index (χ0n) is 11.9. The van der Waals surface area contributed by atoms with E-state index in [0.717, 1.165) is 35.9 Å². The van der Waals surface area contributed by atoms with Crippen LogP contribution < -0.4 is 10.6 Å². The Labute approximate surface area is 118 Å². The Bertz CT molecular complexity index is 632. The SMILES string of the molecule is Cc1ccc2oc(C(=O)NC3CCNC(C)C3)cc2c1. The molecule has 2 N–H and O–H groups in total. The van der Waals surface area contributed by atoms with Crippen molar-refractivity contribution in [3.05, 3.63) is 35.6 Å². The van der Waals surface area contributed by atoms with E-state index in [9.17, 15) is 4.79 Å². The molecule has 4 nitrogen and oxygen atoms in total. The lowest BCUT2D eigenvalue weighted by atomic mass is 10.0. The highest BCUT2D eigenvalue weighted by Gasteiger charge is 2.22. The fraction of sp³-hybridized carbons (Fsp3) is 0.438. The van der Waals surface area contributed by atoms with E-state index in [1.807, 2.05) is 31.2 Å². The fourth-order valence-electron chi connectivity index (χ4n) is 2.79. The Morgan fingerprint density at radius 1 is 1.40 bits per heavy atom. The second kappa shape index (κ2) is 5.29. The van der Waals surface area contributed by atoms with Gasteiger partial charge in [0.25, 0.3) is 5.91 Å². The van der Waals surface area contributed by atoms with Crippen LogP contribution in [0.25, 0.3) is 11.0 Å². The van der Waals surface area contributed by atoms with Crippen LogP contribution in [-0.2, 0) is 0 Å². The number of piperidine rings is 1. The van der Waals surface area contributed by atoms with Crippen LogP contribution in [0, 0.1) is 6.92 Å². The van der Waals surface area contributed by atoms with Gasteiger partial charge < -0.3 is 15.1 Å². The Morgan fingerprint density at radius 3 is 3.05 bits per heavy atom. The first-order valence-corrected chi connectivity index (χ1v) is 7.16. The number of carbonyl (C=O) groups excluding carboxylic acids is 1. The highest BCUT2D eigenvalue weighted by Crippen LogP contribution is 2.21. The molecule has 106 valence electrons. The van der Waals surface area contributed by atoms with Crippen LogP contribution in [0.1, 0.15) is 35.9 Å². The topological polar surface area (TPSA) is 54.3 Å². The molecule has 2 heterocycles. The third kappa shape index (κ3) is 2.70. The molecule has 2 atom stereocenters. The molecule has 3 rings (SSSR count). The first kappa shape index (κ1) is 13.2. The molecule has 2 unspecified atom stereocenters. The van der Waals surface area contributed by atoms with Gasteiger partial charge >= 0.3 is 0 Å². The molecule has 1 saturated heterocycles. The predicted molar refractivity (Wildman–Crippen MR) is 78.9 cm³/mol. The van der Waals surface area contributed by atoms with Crippen molar-refractivity contribution in [3.8, 4) is 0 Å². The Balaban J connectivity index is 1.75. The standard InChI is InChI=1S/C16H20N2O2/c1-10-3-4-14-12(7-10)9-15(20-14)16(19)18-13-5-6-17-11(2)8-13/h3-4,7,9,11,13,17H,5-6,8H2,1-2H3,(H,18,19). The maximum atomic E-state index is 12.2. The van der Waals surface area contributed by atoms with Crippen LogP contribution in [0.3, 0.4) is 0 Å². The molecule has 1 fully saturated rings. The van der Waals surface area contributed by atoms with Gasteiger partial charge in [-0.15, -0.1) is 0 Å². The van der Waals surface area contributed by atoms with Crippen molar-refractivity contribution in [3.63, 3.8) is 0 Å². The van der Waals surface area contributed by atoms with Gasteiger partial charge in [0.2, 0.25) is 0 Å². The summed E-state index contributed by atoms with van der Waals surface area (Å²) in [6, 6.07) is 8.43. The van der Waals surface area contributed by atoms with Gasteiger partial charge in [-0.2, -0.15) is 0 Å². The van der Waals surface area contributed by atoms with Crippen LogP contribution in [-0.4, -0.2) is 24.5 Å². The third-order valence-electron chi connectivity index (χ3n) is 3.85. The van der Waals surface area contributed by atoms with Gasteiger partial charge in [0.1, 0.15) is 5.58 Å². The average Bonchev–Trinajstić information content (AvgIpc) is 2.81. The molecular weight excluding hydrogens is 252 g/mol. The van der Waals surface area contributed by atoms with E-state index in [4.69, 9.17) is 4.42 Å². The molecule has 2 aromatic rings. The van der Waals surface area contributed by atoms with E-state index in [1.165, 1.54) is 0 Å². The van der Waals surface area contributed by atoms with Gasteiger partial charge in [-0.3, -0.25) is 4.79 Å². The molecule has 0 aliphatic carbocycles. The summed E-state index contributed by atoms with van der Waals surface area (Å²) in [6.07, 6.45) is 1.93. The molecule has 1 aromatic heterocycles. The lowest BCUT2D eigenvalue weighted by molar-refractivity contribution is 0.0899. The lowest BCUT2D eigenvalue weighted by Gasteiger charge is -2.28. The van der Waals surface area contributed by atoms with Gasteiger partial charge in [-0.25, -0.2) is 0 Å². The van der Waals surface area contributed by atoms with Gasteiger partial charge in [-0.1, -0.05) is 11.6 Å². The van der Waals surface area contributed by atoms with Gasteiger partial charge in [0, 0.05) is 17.5 Å². The molecular formula is C16H20N2O2. The maximum Gasteiger partial charge on any atom is 0.287 e. The highest BCUT2D eigenvalue weighted by molar-refractivity contribution is 5.96. The number of rotatable bonds is 2. The van der Waals surface area contributed by atoms with Gasteiger partial charge in [0.05, 0.1) is 0 Å². The monoisotopic (exact) mass is 272 g/mol. The van der Waals surface area contributed by atoms with Crippen LogP contribution in [0.5, 0.6) is 0 Å². The Kier molecular flexibility index (Phi) is 3.49. The van der Waals surface area contributed by atoms with Gasteiger partial charge in [0.15, 0.2) is 5.76 Å². The number of carbonyl (C=O) groups is 1. The molecule has 1 aliphatic heterocycles. The molecule has 20 heavy (non-hydrogen) atoms. The quantitative estimate of drug-likeness (QED) is 0.883. The number of hydrogen-bond donors (Lipinski definition) is 2. The van der Waals surface area contributed by atoms with Crippen molar-refractivity contribution >= 4 is 16.9 Å².